The van der Waals surface area contributed by atoms with E-state index in [2.05, 4.69) is 78.0 Å². The van der Waals surface area contributed by atoms with Crippen molar-refractivity contribution in [2.24, 2.45) is 0 Å². The molecule has 2 aliphatic carbocycles. The number of aromatic hydroxyl groups is 2. The second-order valence-corrected chi connectivity index (χ2v) is 9.48. The number of phenols is 2. The molecule has 37 heavy (non-hydrogen) atoms. The molecular formula is C34H48O2Zr. The van der Waals surface area contributed by atoms with Crippen molar-refractivity contribution in [2.75, 3.05) is 0 Å². The fraction of sp³-hybridized carbons (Fsp3) is 0.412. The molecule has 0 saturated heterocycles. The van der Waals surface area contributed by atoms with Gasteiger partial charge in [-0.2, -0.15) is 0 Å². The molecule has 4 rings (SSSR count). The number of hydrogen-bond acceptors (Lipinski definition) is 2. The monoisotopic (exact) mass is 578 g/mol. The Bertz CT molecular complexity index is 999. The van der Waals surface area contributed by atoms with Gasteiger partial charge in [-0.05, 0) is 101 Å². The van der Waals surface area contributed by atoms with E-state index < -0.39 is 0 Å². The largest absolute Gasteiger partial charge is 0.508 e. The third kappa shape index (κ3) is 12.8. The minimum atomic E-state index is 0. The zero-order chi connectivity index (χ0) is 27.1. The maximum atomic E-state index is 9.42. The van der Waals surface area contributed by atoms with Crippen LogP contribution in [0.15, 0.2) is 83.0 Å². The first-order valence-corrected chi connectivity index (χ1v) is 13.4. The Kier molecular flexibility index (Phi) is 17.9. The third-order valence-corrected chi connectivity index (χ3v) is 6.81. The van der Waals surface area contributed by atoms with Crippen molar-refractivity contribution in [3.8, 4) is 11.5 Å². The number of benzene rings is 2. The molecule has 0 radical (unpaired) electrons. The van der Waals surface area contributed by atoms with Crippen LogP contribution in [0.5, 0.6) is 11.5 Å². The number of allylic oxidation sites excluding steroid dienone is 8. The Labute approximate surface area is 246 Å². The molecule has 0 aliphatic heterocycles. The van der Waals surface area contributed by atoms with Gasteiger partial charge in [0.1, 0.15) is 11.5 Å². The molecule has 0 heterocycles. The van der Waals surface area contributed by atoms with E-state index in [1.807, 2.05) is 38.1 Å². The molecule has 2 aliphatic rings. The molecule has 2 aromatic carbocycles. The summed E-state index contributed by atoms with van der Waals surface area (Å²) in [5, 5.41) is 18.8. The van der Waals surface area contributed by atoms with Crippen molar-refractivity contribution in [3.05, 3.63) is 105 Å². The zero-order valence-electron chi connectivity index (χ0n) is 24.4. The van der Waals surface area contributed by atoms with Crippen molar-refractivity contribution in [2.45, 2.75) is 93.9 Å². The Hall–Kier alpha value is -2.12. The van der Waals surface area contributed by atoms with E-state index in [0.29, 0.717) is 11.5 Å². The minimum Gasteiger partial charge on any atom is -0.508 e. The van der Waals surface area contributed by atoms with Gasteiger partial charge >= 0.3 is 0 Å². The SMILES string of the molecule is CC1=C(C)CC=C1.CC1=C(C)CC=C1.CCc1ccc(CC)c(O)c1.CCc1ccc(CC)c(O)c1.[Zr]. The van der Waals surface area contributed by atoms with Gasteiger partial charge in [-0.15, -0.1) is 0 Å². The molecule has 2 N–H and O–H groups in total. The van der Waals surface area contributed by atoms with Crippen LogP contribution in [0.4, 0.5) is 0 Å². The maximum Gasteiger partial charge on any atom is 0.119 e. The average molecular weight is 580 g/mol. The van der Waals surface area contributed by atoms with Crippen LogP contribution in [0, 0.1) is 0 Å². The number of hydrogen-bond donors (Lipinski definition) is 2. The van der Waals surface area contributed by atoms with E-state index in [4.69, 9.17) is 0 Å². The predicted octanol–water partition coefficient (Wildman–Crippen LogP) is 9.60. The molecule has 3 heteroatoms. The van der Waals surface area contributed by atoms with Crippen LogP contribution in [0.1, 0.15) is 90.5 Å². The molecule has 0 atom stereocenters. The first kappa shape index (κ1) is 34.9. The summed E-state index contributed by atoms with van der Waals surface area (Å²) in [6.45, 7) is 16.9. The van der Waals surface area contributed by atoms with Crippen LogP contribution in [0.25, 0.3) is 0 Å². The van der Waals surface area contributed by atoms with Crippen LogP contribution in [-0.2, 0) is 51.9 Å². The number of phenolic OH excluding ortho intramolecular Hbond substituents is 2. The van der Waals surface area contributed by atoms with Crippen molar-refractivity contribution in [1.29, 1.82) is 0 Å². The summed E-state index contributed by atoms with van der Waals surface area (Å²) in [7, 11) is 0. The van der Waals surface area contributed by atoms with Crippen molar-refractivity contribution >= 4 is 0 Å². The van der Waals surface area contributed by atoms with Gasteiger partial charge in [0.25, 0.3) is 0 Å². The third-order valence-electron chi connectivity index (χ3n) is 6.81. The van der Waals surface area contributed by atoms with Gasteiger partial charge in [-0.1, -0.05) is 98.6 Å². The summed E-state index contributed by atoms with van der Waals surface area (Å²) in [6.07, 6.45) is 14.9. The summed E-state index contributed by atoms with van der Waals surface area (Å²) in [4.78, 5) is 0. The van der Waals surface area contributed by atoms with E-state index in [-0.39, 0.29) is 26.2 Å². The van der Waals surface area contributed by atoms with Gasteiger partial charge in [0.15, 0.2) is 0 Å². The molecule has 0 unspecified atom stereocenters. The summed E-state index contributed by atoms with van der Waals surface area (Å²) in [5.74, 6) is 0.874. The number of rotatable bonds is 4. The molecule has 2 aromatic rings. The van der Waals surface area contributed by atoms with E-state index in [1.165, 1.54) is 46.3 Å². The summed E-state index contributed by atoms with van der Waals surface area (Å²) in [5.41, 5.74) is 10.4. The van der Waals surface area contributed by atoms with Crippen molar-refractivity contribution < 1.29 is 36.4 Å². The molecule has 200 valence electrons. The predicted molar refractivity (Wildman–Crippen MR) is 158 cm³/mol. The van der Waals surface area contributed by atoms with Gasteiger partial charge in [0.05, 0.1) is 0 Å². The van der Waals surface area contributed by atoms with Crippen LogP contribution < -0.4 is 0 Å². The van der Waals surface area contributed by atoms with Crippen molar-refractivity contribution in [3.63, 3.8) is 0 Å². The summed E-state index contributed by atoms with van der Waals surface area (Å²) >= 11 is 0. The van der Waals surface area contributed by atoms with E-state index >= 15 is 0 Å². The fourth-order valence-corrected chi connectivity index (χ4v) is 3.69. The van der Waals surface area contributed by atoms with E-state index in [1.54, 1.807) is 0 Å². The van der Waals surface area contributed by atoms with Crippen LogP contribution in [0.3, 0.4) is 0 Å². The first-order chi connectivity index (χ1) is 17.2. The maximum absolute atomic E-state index is 9.42. The standard InChI is InChI=1S/2C10H14O.2C7H10.Zr/c2*1-3-8-5-6-9(4-2)10(11)7-8;2*1-6-4-3-5-7(6)2;/h2*5-7,11H,3-4H2,1-2H3;2*3-4H,5H2,1-2H3;. The smallest absolute Gasteiger partial charge is 0.119 e. The molecule has 0 spiro atoms. The van der Waals surface area contributed by atoms with Crippen LogP contribution in [-0.4, -0.2) is 10.2 Å². The normalized spacial score (nSPS) is 13.2. The Morgan fingerprint density at radius 3 is 1.08 bits per heavy atom. The summed E-state index contributed by atoms with van der Waals surface area (Å²) < 4.78 is 0. The van der Waals surface area contributed by atoms with Gasteiger partial charge in [0, 0.05) is 26.2 Å². The molecule has 0 fully saturated rings. The topological polar surface area (TPSA) is 40.5 Å². The molecule has 2 nitrogen and oxygen atoms in total. The van der Waals surface area contributed by atoms with Crippen LogP contribution >= 0.6 is 0 Å². The number of aryl methyl sites for hydroxylation is 4. The molecular weight excluding hydrogens is 532 g/mol. The second-order valence-electron chi connectivity index (χ2n) is 9.48. The zero-order valence-corrected chi connectivity index (χ0v) is 26.9. The summed E-state index contributed by atoms with van der Waals surface area (Å²) in [6, 6.07) is 11.8. The Morgan fingerprint density at radius 1 is 0.568 bits per heavy atom. The van der Waals surface area contributed by atoms with Crippen molar-refractivity contribution in [1.82, 2.24) is 0 Å². The van der Waals surface area contributed by atoms with E-state index in [9.17, 15) is 10.2 Å². The molecule has 0 aromatic heterocycles. The van der Waals surface area contributed by atoms with Gasteiger partial charge in [0.2, 0.25) is 0 Å². The average Bonchev–Trinajstić information content (AvgIpc) is 3.45. The first-order valence-electron chi connectivity index (χ1n) is 13.4. The quantitative estimate of drug-likeness (QED) is 0.379. The van der Waals surface area contributed by atoms with Gasteiger partial charge in [-0.25, -0.2) is 0 Å². The van der Waals surface area contributed by atoms with Gasteiger partial charge in [-0.3, -0.25) is 0 Å². The Balaban J connectivity index is 0.000000473. The van der Waals surface area contributed by atoms with Crippen LogP contribution in [0.2, 0.25) is 0 Å². The fourth-order valence-electron chi connectivity index (χ4n) is 3.69. The van der Waals surface area contributed by atoms with Gasteiger partial charge < -0.3 is 10.2 Å². The molecule has 0 bridgehead atoms. The Morgan fingerprint density at radius 2 is 0.919 bits per heavy atom. The second kappa shape index (κ2) is 19.0. The molecule has 0 saturated carbocycles. The molecule has 0 amide bonds. The minimum absolute atomic E-state index is 0. The van der Waals surface area contributed by atoms with E-state index in [0.717, 1.165) is 36.8 Å².